The monoisotopic (exact) mass is 309 g/mol. The number of hydrogen-bond acceptors (Lipinski definition) is 3. The average Bonchev–Trinajstić information content (AvgIpc) is 2.46. The zero-order valence-corrected chi connectivity index (χ0v) is 12.8. The van der Waals surface area contributed by atoms with Crippen molar-refractivity contribution in [2.24, 2.45) is 0 Å². The van der Waals surface area contributed by atoms with Crippen molar-refractivity contribution in [2.45, 2.75) is 26.7 Å². The zero-order valence-electron chi connectivity index (χ0n) is 12.1. The molecule has 112 valence electrons. The highest BCUT2D eigenvalue weighted by Gasteiger charge is 2.23. The van der Waals surface area contributed by atoms with Crippen LogP contribution in [0.15, 0.2) is 17.1 Å². The molecule has 0 amide bonds. The number of aromatic nitrogens is 1. The topological polar surface area (TPSA) is 68.0 Å². The van der Waals surface area contributed by atoms with Gasteiger partial charge in [0.1, 0.15) is 5.56 Å². The van der Waals surface area contributed by atoms with Crippen molar-refractivity contribution < 1.29 is 14.6 Å². The molecule has 0 spiro atoms. The van der Waals surface area contributed by atoms with Gasteiger partial charge in [-0.25, -0.2) is 4.79 Å². The number of pyridine rings is 2. The van der Waals surface area contributed by atoms with Gasteiger partial charge in [-0.2, -0.15) is 0 Å². The van der Waals surface area contributed by atoms with Gasteiger partial charge in [0.25, 0.3) is 5.56 Å². The first-order chi connectivity index (χ1) is 9.97. The molecular formula is C15H16ClNO4. The van der Waals surface area contributed by atoms with Crippen LogP contribution in [0.25, 0.3) is 5.52 Å². The van der Waals surface area contributed by atoms with E-state index in [0.717, 1.165) is 5.56 Å². The molecular weight excluding hydrogens is 294 g/mol. The minimum Gasteiger partial charge on any atom is -0.493 e. The highest BCUT2D eigenvalue weighted by Crippen LogP contribution is 2.33. The van der Waals surface area contributed by atoms with E-state index < -0.39 is 11.5 Å². The lowest BCUT2D eigenvalue weighted by Crippen LogP contribution is -2.26. The van der Waals surface area contributed by atoms with Gasteiger partial charge in [0.2, 0.25) is 0 Å². The van der Waals surface area contributed by atoms with Crippen LogP contribution in [-0.2, 0) is 12.8 Å². The quantitative estimate of drug-likeness (QED) is 0.943. The van der Waals surface area contributed by atoms with E-state index in [0.29, 0.717) is 34.7 Å². The van der Waals surface area contributed by atoms with E-state index in [1.807, 2.05) is 13.8 Å². The summed E-state index contributed by atoms with van der Waals surface area (Å²) in [6.07, 6.45) is 2.50. The molecule has 2 aromatic rings. The van der Waals surface area contributed by atoms with Crippen LogP contribution in [0.5, 0.6) is 5.75 Å². The first kappa shape index (κ1) is 15.4. The van der Waals surface area contributed by atoms with Crippen molar-refractivity contribution in [1.82, 2.24) is 4.40 Å². The number of carboxylic acids is 1. The van der Waals surface area contributed by atoms with Crippen LogP contribution >= 0.6 is 11.6 Å². The van der Waals surface area contributed by atoms with E-state index in [9.17, 15) is 14.7 Å². The van der Waals surface area contributed by atoms with E-state index >= 15 is 0 Å². The third-order valence-corrected chi connectivity index (χ3v) is 3.85. The molecule has 0 saturated heterocycles. The molecule has 0 aromatic carbocycles. The van der Waals surface area contributed by atoms with Crippen molar-refractivity contribution in [3.05, 3.63) is 44.3 Å². The van der Waals surface area contributed by atoms with E-state index in [2.05, 4.69) is 0 Å². The van der Waals surface area contributed by atoms with E-state index in [1.54, 1.807) is 0 Å². The van der Waals surface area contributed by atoms with Gasteiger partial charge in [-0.05, 0) is 30.0 Å². The fraction of sp³-hybridized carbons (Fsp3) is 0.333. The summed E-state index contributed by atoms with van der Waals surface area (Å²) in [5, 5.41) is 9.75. The second kappa shape index (κ2) is 5.77. The predicted octanol–water partition coefficient (Wildman–Crippen LogP) is 2.78. The summed E-state index contributed by atoms with van der Waals surface area (Å²) in [5.41, 5.74) is 1.10. The number of aromatic carboxylic acids is 1. The summed E-state index contributed by atoms with van der Waals surface area (Å²) in [6, 6.07) is 1.52. The van der Waals surface area contributed by atoms with Crippen LogP contribution in [0.4, 0.5) is 0 Å². The van der Waals surface area contributed by atoms with Gasteiger partial charge in [-0.1, -0.05) is 25.4 Å². The van der Waals surface area contributed by atoms with Gasteiger partial charge in [-0.3, -0.25) is 9.20 Å². The molecule has 2 heterocycles. The number of nitrogens with zero attached hydrogens (tertiary/aromatic N) is 1. The fourth-order valence-corrected chi connectivity index (χ4v) is 2.92. The molecule has 0 radical (unpaired) electrons. The summed E-state index contributed by atoms with van der Waals surface area (Å²) in [5.74, 6) is -0.824. The minimum absolute atomic E-state index is 0.184. The molecule has 6 heteroatoms. The lowest BCUT2D eigenvalue weighted by molar-refractivity contribution is 0.0693. The van der Waals surface area contributed by atoms with Crippen molar-refractivity contribution >= 4 is 23.1 Å². The van der Waals surface area contributed by atoms with Crippen LogP contribution in [-0.4, -0.2) is 22.6 Å². The minimum atomic E-state index is -1.21. The second-order valence-electron chi connectivity index (χ2n) is 4.57. The third kappa shape index (κ3) is 2.27. The Balaban J connectivity index is 3.15. The van der Waals surface area contributed by atoms with Crippen LogP contribution in [0.1, 0.15) is 35.3 Å². The summed E-state index contributed by atoms with van der Waals surface area (Å²) < 4.78 is 6.61. The third-order valence-electron chi connectivity index (χ3n) is 3.55. The van der Waals surface area contributed by atoms with E-state index in [-0.39, 0.29) is 5.56 Å². The Hall–Kier alpha value is -2.01. The Labute approximate surface area is 126 Å². The molecule has 5 nitrogen and oxygen atoms in total. The average molecular weight is 310 g/mol. The summed E-state index contributed by atoms with van der Waals surface area (Å²) in [6.45, 7) is 3.73. The van der Waals surface area contributed by atoms with E-state index in [4.69, 9.17) is 16.3 Å². The van der Waals surface area contributed by atoms with Gasteiger partial charge < -0.3 is 9.84 Å². The number of rotatable bonds is 4. The van der Waals surface area contributed by atoms with Crippen LogP contribution in [0.2, 0.25) is 5.02 Å². The van der Waals surface area contributed by atoms with Gasteiger partial charge in [0.05, 0.1) is 17.6 Å². The molecule has 0 saturated carbocycles. The SMILES string of the molecule is CCc1c(C(=O)O)c(=O)n2ccc(Cl)c(OC)c2c1CC. The largest absolute Gasteiger partial charge is 0.493 e. The molecule has 0 aliphatic carbocycles. The van der Waals surface area contributed by atoms with Crippen molar-refractivity contribution in [1.29, 1.82) is 0 Å². The maximum Gasteiger partial charge on any atom is 0.341 e. The zero-order chi connectivity index (χ0) is 15.7. The standard InChI is InChI=1S/C15H16ClNO4/c1-4-8-9(5-2)12-13(21-3)10(16)6-7-17(12)14(18)11(8)15(19)20/h6-7H,4-5H2,1-3H3,(H,19,20). The number of hydrogen-bond donors (Lipinski definition) is 1. The summed E-state index contributed by atoms with van der Waals surface area (Å²) >= 11 is 6.13. The molecule has 0 bridgehead atoms. The second-order valence-corrected chi connectivity index (χ2v) is 4.97. The lowest BCUT2D eigenvalue weighted by atomic mass is 9.97. The Bertz CT molecular complexity index is 780. The summed E-state index contributed by atoms with van der Waals surface area (Å²) in [4.78, 5) is 23.9. The number of carboxylic acid groups (broad SMARTS) is 1. The van der Waals surface area contributed by atoms with Crippen molar-refractivity contribution in [3.63, 3.8) is 0 Å². The molecule has 0 fully saturated rings. The maximum absolute atomic E-state index is 12.5. The first-order valence-corrected chi connectivity index (χ1v) is 7.01. The highest BCUT2D eigenvalue weighted by molar-refractivity contribution is 6.32. The van der Waals surface area contributed by atoms with Gasteiger partial charge in [0, 0.05) is 6.20 Å². The fourth-order valence-electron chi connectivity index (χ4n) is 2.69. The smallest absolute Gasteiger partial charge is 0.341 e. The Morgan fingerprint density at radius 2 is 1.95 bits per heavy atom. The molecule has 0 atom stereocenters. The highest BCUT2D eigenvalue weighted by atomic mass is 35.5. The van der Waals surface area contributed by atoms with Gasteiger partial charge >= 0.3 is 5.97 Å². The normalized spacial score (nSPS) is 10.9. The maximum atomic E-state index is 12.5. The molecule has 21 heavy (non-hydrogen) atoms. The number of carbonyl (C=O) groups is 1. The van der Waals surface area contributed by atoms with E-state index in [1.165, 1.54) is 23.8 Å². The number of fused-ring (bicyclic) bond motifs is 1. The number of methoxy groups -OCH3 is 1. The Morgan fingerprint density at radius 3 is 2.43 bits per heavy atom. The van der Waals surface area contributed by atoms with Crippen molar-refractivity contribution in [3.8, 4) is 5.75 Å². The Kier molecular flexibility index (Phi) is 4.23. The van der Waals surface area contributed by atoms with Gasteiger partial charge in [-0.15, -0.1) is 0 Å². The van der Waals surface area contributed by atoms with Crippen LogP contribution in [0.3, 0.4) is 0 Å². The van der Waals surface area contributed by atoms with Crippen LogP contribution in [0, 0.1) is 0 Å². The molecule has 0 aliphatic rings. The first-order valence-electron chi connectivity index (χ1n) is 6.63. The molecule has 0 aliphatic heterocycles. The van der Waals surface area contributed by atoms with Crippen LogP contribution < -0.4 is 10.3 Å². The number of ether oxygens (including phenoxy) is 1. The Morgan fingerprint density at radius 1 is 1.33 bits per heavy atom. The molecule has 2 rings (SSSR count). The lowest BCUT2D eigenvalue weighted by Gasteiger charge is -2.17. The van der Waals surface area contributed by atoms with Crippen molar-refractivity contribution in [2.75, 3.05) is 7.11 Å². The predicted molar refractivity (Wildman–Crippen MR) is 80.9 cm³/mol. The summed E-state index contributed by atoms with van der Waals surface area (Å²) in [7, 11) is 1.47. The molecule has 0 unspecified atom stereocenters. The molecule has 1 N–H and O–H groups in total. The van der Waals surface area contributed by atoms with Gasteiger partial charge in [0.15, 0.2) is 5.75 Å². The number of halogens is 1. The molecule has 2 aromatic heterocycles. The number of aryl methyl sites for hydroxylation is 1.